The topological polar surface area (TPSA) is 55.1 Å². The Morgan fingerprint density at radius 1 is 1.59 bits per heavy atom. The number of thiophene rings is 1. The molecule has 0 saturated heterocycles. The molecule has 98 valence electrons. The summed E-state index contributed by atoms with van der Waals surface area (Å²) >= 11 is 1.75. The Bertz CT molecular complexity index is 301. The van der Waals surface area contributed by atoms with E-state index >= 15 is 0 Å². The fraction of sp³-hybridized carbons (Fsp3) is 0.583. The van der Waals surface area contributed by atoms with Gasteiger partial charge < -0.3 is 11.1 Å². The molecular formula is C12H21ClN2OS. The van der Waals surface area contributed by atoms with Gasteiger partial charge in [0.15, 0.2) is 0 Å². The number of hydrogen-bond donors (Lipinski definition) is 2. The Balaban J connectivity index is 0.00000256. The summed E-state index contributed by atoms with van der Waals surface area (Å²) in [7, 11) is 0. The molecule has 0 saturated carbocycles. The quantitative estimate of drug-likeness (QED) is 0.803. The maximum atomic E-state index is 11.4. The first-order valence-electron chi connectivity index (χ1n) is 5.73. The van der Waals surface area contributed by atoms with E-state index in [0.717, 1.165) is 19.3 Å². The maximum Gasteiger partial charge on any atom is 0.220 e. The number of carbonyl (C=O) groups is 1. The molecule has 0 aliphatic carbocycles. The molecule has 0 aromatic carbocycles. The molecule has 1 rings (SSSR count). The zero-order chi connectivity index (χ0) is 11.8. The van der Waals surface area contributed by atoms with Gasteiger partial charge in [0, 0.05) is 23.9 Å². The van der Waals surface area contributed by atoms with Crippen LogP contribution >= 0.6 is 23.7 Å². The van der Waals surface area contributed by atoms with Gasteiger partial charge >= 0.3 is 0 Å². The molecule has 1 heterocycles. The molecule has 3 N–H and O–H groups in total. The van der Waals surface area contributed by atoms with Crippen LogP contribution in [0.2, 0.25) is 0 Å². The number of carbonyl (C=O) groups excluding carboxylic acids is 1. The van der Waals surface area contributed by atoms with Gasteiger partial charge in [-0.15, -0.1) is 23.7 Å². The average Bonchev–Trinajstić information content (AvgIpc) is 2.70. The van der Waals surface area contributed by atoms with Crippen LogP contribution in [0.3, 0.4) is 0 Å². The summed E-state index contributed by atoms with van der Waals surface area (Å²) in [6.45, 7) is 2.64. The summed E-state index contributed by atoms with van der Waals surface area (Å²) in [4.78, 5) is 12.8. The van der Waals surface area contributed by atoms with Crippen LogP contribution in [0.5, 0.6) is 0 Å². The highest BCUT2D eigenvalue weighted by atomic mass is 35.5. The third-order valence-corrected chi connectivity index (χ3v) is 3.27. The summed E-state index contributed by atoms with van der Waals surface area (Å²) in [5.41, 5.74) is 5.59. The molecule has 1 aromatic heterocycles. The highest BCUT2D eigenvalue weighted by molar-refractivity contribution is 7.09. The lowest BCUT2D eigenvalue weighted by Crippen LogP contribution is -2.28. The van der Waals surface area contributed by atoms with Crippen molar-refractivity contribution in [2.24, 2.45) is 5.73 Å². The molecule has 0 bridgehead atoms. The third kappa shape index (κ3) is 8.18. The van der Waals surface area contributed by atoms with E-state index in [1.165, 1.54) is 4.88 Å². The number of aryl methyl sites for hydroxylation is 1. The van der Waals surface area contributed by atoms with Gasteiger partial charge in [-0.2, -0.15) is 0 Å². The van der Waals surface area contributed by atoms with Gasteiger partial charge in [0.25, 0.3) is 0 Å². The first kappa shape index (κ1) is 16.4. The lowest BCUT2D eigenvalue weighted by molar-refractivity contribution is -0.121. The second-order valence-corrected chi connectivity index (χ2v) is 5.08. The van der Waals surface area contributed by atoms with Crippen LogP contribution in [0.1, 0.15) is 31.1 Å². The fourth-order valence-electron chi connectivity index (χ4n) is 1.41. The van der Waals surface area contributed by atoms with E-state index < -0.39 is 0 Å². The van der Waals surface area contributed by atoms with Crippen LogP contribution in [0.25, 0.3) is 0 Å². The summed E-state index contributed by atoms with van der Waals surface area (Å²) < 4.78 is 0. The number of rotatable bonds is 7. The predicted molar refractivity (Wildman–Crippen MR) is 75.8 cm³/mol. The lowest BCUT2D eigenvalue weighted by atomic mass is 10.2. The minimum atomic E-state index is 0. The fourth-order valence-corrected chi connectivity index (χ4v) is 2.16. The predicted octanol–water partition coefficient (Wildman–Crippen LogP) is 2.35. The molecule has 1 atom stereocenters. The Labute approximate surface area is 113 Å². The van der Waals surface area contributed by atoms with E-state index in [-0.39, 0.29) is 24.4 Å². The molecule has 0 aliphatic heterocycles. The summed E-state index contributed by atoms with van der Waals surface area (Å²) in [5, 5.41) is 4.95. The number of nitrogens with two attached hydrogens (primary N) is 1. The van der Waals surface area contributed by atoms with Crippen molar-refractivity contribution >= 4 is 29.7 Å². The smallest absolute Gasteiger partial charge is 0.220 e. The minimum absolute atomic E-state index is 0. The van der Waals surface area contributed by atoms with E-state index in [4.69, 9.17) is 5.73 Å². The van der Waals surface area contributed by atoms with Gasteiger partial charge in [-0.1, -0.05) is 6.07 Å². The van der Waals surface area contributed by atoms with E-state index in [2.05, 4.69) is 16.8 Å². The summed E-state index contributed by atoms with van der Waals surface area (Å²) in [5.74, 6) is 0.136. The normalized spacial score (nSPS) is 11.6. The van der Waals surface area contributed by atoms with Crippen molar-refractivity contribution < 1.29 is 4.79 Å². The van der Waals surface area contributed by atoms with E-state index in [0.29, 0.717) is 13.0 Å². The molecule has 1 unspecified atom stereocenters. The Morgan fingerprint density at radius 2 is 2.35 bits per heavy atom. The molecular weight excluding hydrogens is 256 g/mol. The molecule has 3 nitrogen and oxygen atoms in total. The highest BCUT2D eigenvalue weighted by Gasteiger charge is 2.02. The molecule has 0 aliphatic rings. The zero-order valence-corrected chi connectivity index (χ0v) is 11.8. The van der Waals surface area contributed by atoms with Crippen molar-refractivity contribution in [3.05, 3.63) is 22.4 Å². The highest BCUT2D eigenvalue weighted by Crippen LogP contribution is 2.11. The standard InChI is InChI=1S/C12H20N2OS.ClH/c1-10(13)7-8-14-12(15)6-2-4-11-5-3-9-16-11;/h3,5,9-10H,2,4,6-8,13H2,1H3,(H,14,15);1H. The van der Waals surface area contributed by atoms with Crippen molar-refractivity contribution in [2.45, 2.75) is 38.6 Å². The molecule has 17 heavy (non-hydrogen) atoms. The monoisotopic (exact) mass is 276 g/mol. The van der Waals surface area contributed by atoms with Crippen LogP contribution in [-0.4, -0.2) is 18.5 Å². The average molecular weight is 277 g/mol. The minimum Gasteiger partial charge on any atom is -0.356 e. The number of nitrogens with one attached hydrogen (secondary N) is 1. The van der Waals surface area contributed by atoms with Crippen LogP contribution < -0.4 is 11.1 Å². The van der Waals surface area contributed by atoms with Crippen molar-refractivity contribution in [3.8, 4) is 0 Å². The van der Waals surface area contributed by atoms with Crippen molar-refractivity contribution in [3.63, 3.8) is 0 Å². The van der Waals surface area contributed by atoms with Gasteiger partial charge in [-0.25, -0.2) is 0 Å². The van der Waals surface area contributed by atoms with Crippen molar-refractivity contribution in [2.75, 3.05) is 6.54 Å². The van der Waals surface area contributed by atoms with E-state index in [1.807, 2.05) is 13.0 Å². The summed E-state index contributed by atoms with van der Waals surface area (Å²) in [6.07, 6.45) is 3.37. The summed E-state index contributed by atoms with van der Waals surface area (Å²) in [6, 6.07) is 4.31. The molecule has 1 aromatic rings. The van der Waals surface area contributed by atoms with Gasteiger partial charge in [0.1, 0.15) is 0 Å². The largest absolute Gasteiger partial charge is 0.356 e. The Hall–Kier alpha value is -0.580. The van der Waals surface area contributed by atoms with Gasteiger partial charge in [0.05, 0.1) is 0 Å². The second kappa shape index (κ2) is 9.45. The SMILES string of the molecule is CC(N)CCNC(=O)CCCc1cccs1.Cl. The van der Waals surface area contributed by atoms with Gasteiger partial charge in [-0.05, 0) is 37.6 Å². The molecule has 1 amide bonds. The molecule has 0 spiro atoms. The van der Waals surface area contributed by atoms with E-state index in [9.17, 15) is 4.79 Å². The van der Waals surface area contributed by atoms with Gasteiger partial charge in [0.2, 0.25) is 5.91 Å². The third-order valence-electron chi connectivity index (χ3n) is 2.33. The molecule has 0 fully saturated rings. The van der Waals surface area contributed by atoms with Crippen LogP contribution in [-0.2, 0) is 11.2 Å². The second-order valence-electron chi connectivity index (χ2n) is 4.05. The Morgan fingerprint density at radius 3 is 2.94 bits per heavy atom. The van der Waals surface area contributed by atoms with Gasteiger partial charge in [-0.3, -0.25) is 4.79 Å². The zero-order valence-electron chi connectivity index (χ0n) is 10.1. The number of amides is 1. The number of hydrogen-bond acceptors (Lipinski definition) is 3. The van der Waals surface area contributed by atoms with Crippen LogP contribution in [0.4, 0.5) is 0 Å². The van der Waals surface area contributed by atoms with Crippen LogP contribution in [0, 0.1) is 0 Å². The number of halogens is 1. The van der Waals surface area contributed by atoms with Crippen LogP contribution in [0.15, 0.2) is 17.5 Å². The molecule has 0 radical (unpaired) electrons. The van der Waals surface area contributed by atoms with E-state index in [1.54, 1.807) is 11.3 Å². The Kier molecular flexibility index (Phi) is 9.13. The maximum absolute atomic E-state index is 11.4. The van der Waals surface area contributed by atoms with Crippen molar-refractivity contribution in [1.82, 2.24) is 5.32 Å². The first-order chi connectivity index (χ1) is 7.68. The molecule has 5 heteroatoms. The first-order valence-corrected chi connectivity index (χ1v) is 6.61. The van der Waals surface area contributed by atoms with Crippen molar-refractivity contribution in [1.29, 1.82) is 0 Å². The lowest BCUT2D eigenvalue weighted by Gasteiger charge is -2.06.